The molecule has 5 N–H and O–H groups in total. The van der Waals surface area contributed by atoms with Gasteiger partial charge in [0.05, 0.1) is 33.4 Å². The number of carboxylic acid groups (broad SMARTS) is 2. The van der Waals surface area contributed by atoms with Crippen LogP contribution in [0.15, 0.2) is 78.9 Å². The number of aliphatic carboxylic acids is 2. The van der Waals surface area contributed by atoms with Crippen molar-refractivity contribution in [1.82, 2.24) is 15.9 Å². The van der Waals surface area contributed by atoms with Gasteiger partial charge in [-0.15, -0.1) is 0 Å². The molecule has 1 fully saturated rings. The normalized spacial score (nSPS) is 13.4. The summed E-state index contributed by atoms with van der Waals surface area (Å²) in [7, 11) is 1.64. The largest absolute Gasteiger partial charge is 0.542 e. The van der Waals surface area contributed by atoms with E-state index in [1.807, 2.05) is 78.9 Å². The first-order chi connectivity index (χ1) is 28.4. The number of carbonyl (C=O) groups excluding carboxylic acids is 4. The first-order valence-corrected chi connectivity index (χ1v) is 18.4. The molecule has 0 aliphatic carbocycles. The van der Waals surface area contributed by atoms with Crippen LogP contribution in [0.1, 0.15) is 36.8 Å². The second-order valence-electron chi connectivity index (χ2n) is 12.9. The number of alkyl carbamates (subject to hydrolysis) is 1. The van der Waals surface area contributed by atoms with Crippen LogP contribution in [0.4, 0.5) is 31.1 Å². The topological polar surface area (TPSA) is 215 Å². The number of piperidine rings is 1. The van der Waals surface area contributed by atoms with Crippen molar-refractivity contribution in [2.45, 2.75) is 57.2 Å². The fraction of sp³-hybridized carbons (Fsp3) is 0.436. The van der Waals surface area contributed by atoms with Gasteiger partial charge in [-0.25, -0.2) is 10.3 Å². The molecule has 60 heavy (non-hydrogen) atoms. The van der Waals surface area contributed by atoms with Crippen LogP contribution in [0.25, 0.3) is 11.1 Å². The summed E-state index contributed by atoms with van der Waals surface area (Å²) in [4.78, 5) is 48.8. The molecular weight excluding hydrogens is 814 g/mol. The molecule has 3 aromatic carbocycles. The van der Waals surface area contributed by atoms with Crippen LogP contribution in [0.3, 0.4) is 0 Å². The van der Waals surface area contributed by atoms with Crippen LogP contribution in [0.5, 0.6) is 5.75 Å². The minimum atomic E-state index is -5.19. The summed E-state index contributed by atoms with van der Waals surface area (Å²) >= 11 is 0. The van der Waals surface area contributed by atoms with E-state index in [9.17, 15) is 41.1 Å². The zero-order chi connectivity index (χ0) is 44.6. The molecule has 0 spiro atoms. The number of rotatable bonds is 18. The first kappa shape index (κ1) is 50.7. The number of carboxylic acids is 2. The second kappa shape index (κ2) is 26.6. The number of nitrogens with two attached hydrogens (primary N) is 1. The molecule has 1 saturated heterocycles. The molecule has 3 aromatic rings. The van der Waals surface area contributed by atoms with Crippen LogP contribution < -0.4 is 31.1 Å². The zero-order valence-electron chi connectivity index (χ0n) is 32.5. The van der Waals surface area contributed by atoms with Crippen LogP contribution >= 0.6 is 0 Å². The van der Waals surface area contributed by atoms with E-state index >= 15 is 0 Å². The van der Waals surface area contributed by atoms with Crippen molar-refractivity contribution < 1.29 is 85.3 Å². The highest BCUT2D eigenvalue weighted by Gasteiger charge is 2.30. The van der Waals surface area contributed by atoms with Crippen LogP contribution in [0, 0.1) is 5.92 Å². The molecule has 1 aliphatic rings. The molecular formula is C39H47F6N4O11-. The Bertz CT molecular complexity index is 1690. The summed E-state index contributed by atoms with van der Waals surface area (Å²) in [6.07, 6.45) is -7.36. The van der Waals surface area contributed by atoms with Gasteiger partial charge in [0.15, 0.2) is 0 Å². The van der Waals surface area contributed by atoms with E-state index in [2.05, 4.69) is 10.6 Å². The minimum absolute atomic E-state index is 0.122. The van der Waals surface area contributed by atoms with Gasteiger partial charge in [-0.2, -0.15) is 31.4 Å². The summed E-state index contributed by atoms with van der Waals surface area (Å²) < 4.78 is 79.5. The van der Waals surface area contributed by atoms with E-state index in [0.29, 0.717) is 19.1 Å². The van der Waals surface area contributed by atoms with E-state index in [0.717, 1.165) is 34.4 Å². The zero-order valence-corrected chi connectivity index (χ0v) is 32.5. The Hall–Kier alpha value is -5.48. The third kappa shape index (κ3) is 20.5. The number of amides is 2. The summed E-state index contributed by atoms with van der Waals surface area (Å²) in [6.45, 7) is 4.13. The van der Waals surface area contributed by atoms with E-state index in [1.165, 1.54) is 31.0 Å². The lowest BCUT2D eigenvalue weighted by molar-refractivity contribution is -0.664. The fourth-order valence-corrected chi connectivity index (χ4v) is 5.43. The first-order valence-electron chi connectivity index (χ1n) is 18.4. The molecule has 332 valence electrons. The van der Waals surface area contributed by atoms with Crippen LogP contribution in [-0.2, 0) is 41.8 Å². The molecule has 1 aliphatic heterocycles. The molecule has 0 aromatic heterocycles. The van der Waals surface area contributed by atoms with Gasteiger partial charge in [0.25, 0.3) is 5.91 Å². The molecule has 0 unspecified atom stereocenters. The maximum atomic E-state index is 12.9. The maximum absolute atomic E-state index is 12.9. The van der Waals surface area contributed by atoms with Crippen molar-refractivity contribution in [2.75, 3.05) is 46.6 Å². The van der Waals surface area contributed by atoms with E-state index in [-0.39, 0.29) is 32.7 Å². The lowest BCUT2D eigenvalue weighted by atomic mass is 9.95. The maximum Gasteiger partial charge on any atom is 0.430 e. The average Bonchev–Trinajstić information content (AvgIpc) is 3.23. The Morgan fingerprint density at radius 3 is 1.88 bits per heavy atom. The predicted octanol–water partition coefficient (Wildman–Crippen LogP) is 2.26. The van der Waals surface area contributed by atoms with E-state index < -0.39 is 42.3 Å². The lowest BCUT2D eigenvalue weighted by Crippen LogP contribution is -2.86. The number of hydrogen-bond donors (Lipinski definition) is 4. The number of quaternary nitrogens is 1. The number of hydrogen-bond acceptors (Lipinski definition) is 12. The Labute approximate surface area is 341 Å². The van der Waals surface area contributed by atoms with E-state index in [4.69, 9.17) is 38.9 Å². The monoisotopic (exact) mass is 861 g/mol. The molecule has 4 rings (SSSR count). The Morgan fingerprint density at radius 1 is 0.817 bits per heavy atom. The Kier molecular flexibility index (Phi) is 22.4. The van der Waals surface area contributed by atoms with Crippen LogP contribution in [0.2, 0.25) is 0 Å². The smallest absolute Gasteiger partial charge is 0.430 e. The van der Waals surface area contributed by atoms with Crippen molar-refractivity contribution in [3.05, 3.63) is 90.0 Å². The standard InChI is InChI=1S/C35H46N4O7.2C2HF3O2/c1-43-32-13-11-31(12-14-32)30-9-7-28(8-10-30)25-39(46-24-23-44-22-18-27-15-19-36-20-16-27)33(34(40)38-42)17-21-37-35(41)45-26-29-5-3-2-4-6-29;2*3-2(4,5)1(6)7/h2-14,27,33,36,42H,15-26H2,1H3,(H,37,41)(H,38,40);2*(H,6,7)/p-1/t33-;;/m1../s1. The Morgan fingerprint density at radius 2 is 1.37 bits per heavy atom. The number of hydroxylamine groups is 3. The quantitative estimate of drug-likeness (QED) is 0.0628. The molecule has 1 atom stereocenters. The van der Waals surface area contributed by atoms with Crippen LogP contribution in [-0.4, -0.2) is 99.2 Å². The number of carbonyl (C=O) groups is 4. The highest BCUT2D eigenvalue weighted by molar-refractivity contribution is 5.80. The summed E-state index contributed by atoms with van der Waals surface area (Å²) in [5.74, 6) is -5.17. The summed E-state index contributed by atoms with van der Waals surface area (Å²) in [5, 5.41) is 33.7. The molecule has 2 amide bonds. The number of benzene rings is 3. The third-order valence-corrected chi connectivity index (χ3v) is 8.55. The van der Waals surface area contributed by atoms with Gasteiger partial charge in [0.2, 0.25) is 0 Å². The second-order valence-corrected chi connectivity index (χ2v) is 12.9. The molecule has 15 nitrogen and oxygen atoms in total. The number of nitrogens with one attached hydrogen (secondary N) is 2. The van der Waals surface area contributed by atoms with Gasteiger partial charge < -0.3 is 44.6 Å². The van der Waals surface area contributed by atoms with Crippen molar-refractivity contribution >= 4 is 23.9 Å². The highest BCUT2D eigenvalue weighted by atomic mass is 19.4. The molecule has 0 saturated carbocycles. The molecule has 1 heterocycles. The number of halogens is 6. The third-order valence-electron chi connectivity index (χ3n) is 8.55. The summed E-state index contributed by atoms with van der Waals surface area (Å²) in [5.41, 5.74) is 5.60. The molecule has 0 bridgehead atoms. The van der Waals surface area contributed by atoms with Gasteiger partial charge in [-0.1, -0.05) is 66.7 Å². The van der Waals surface area contributed by atoms with E-state index in [1.54, 1.807) is 12.6 Å². The highest BCUT2D eigenvalue weighted by Crippen LogP contribution is 2.24. The number of ether oxygens (including phenoxy) is 3. The van der Waals surface area contributed by atoms with Gasteiger partial charge in [-0.05, 0) is 66.0 Å². The SMILES string of the molecule is COc1ccc(-c2ccc(CN(OCCOCCC3CC[NH2+]CC3)[C@H](CCNC(=O)OCc3ccccc3)C(=O)NO)cc2)cc1.O=C([O-])C(F)(F)F.O=C([O-])C(F)(F)F. The average molecular weight is 862 g/mol. The fourth-order valence-electron chi connectivity index (χ4n) is 5.43. The molecule has 0 radical (unpaired) electrons. The van der Waals surface area contributed by atoms with Crippen molar-refractivity contribution in [3.63, 3.8) is 0 Å². The number of alkyl halides is 6. The minimum Gasteiger partial charge on any atom is -0.542 e. The van der Waals surface area contributed by atoms with Gasteiger partial charge >= 0.3 is 18.4 Å². The van der Waals surface area contributed by atoms with Crippen molar-refractivity contribution in [2.24, 2.45) is 5.92 Å². The van der Waals surface area contributed by atoms with Gasteiger partial charge in [0.1, 0.15) is 30.3 Å². The number of methoxy groups -OCH3 is 1. The van der Waals surface area contributed by atoms with Gasteiger partial charge in [-0.3, -0.25) is 14.8 Å². The van der Waals surface area contributed by atoms with Gasteiger partial charge in [0, 0.05) is 19.7 Å². The lowest BCUT2D eigenvalue weighted by Gasteiger charge is -2.29. The predicted molar refractivity (Wildman–Crippen MR) is 195 cm³/mol. The summed E-state index contributed by atoms with van der Waals surface area (Å²) in [6, 6.07) is 24.2. The van der Waals surface area contributed by atoms with Crippen molar-refractivity contribution in [1.29, 1.82) is 0 Å². The Balaban J connectivity index is 0.000000758. The van der Waals surface area contributed by atoms with Crippen molar-refractivity contribution in [3.8, 4) is 16.9 Å². The molecule has 21 heteroatoms. The number of nitrogens with zero attached hydrogens (tertiary/aromatic N) is 1.